The van der Waals surface area contributed by atoms with Gasteiger partial charge in [-0.2, -0.15) is 4.98 Å². The molecule has 0 saturated carbocycles. The third kappa shape index (κ3) is 11.6. The predicted octanol–water partition coefficient (Wildman–Crippen LogP) is 7.13. The van der Waals surface area contributed by atoms with E-state index in [1.807, 2.05) is 29.2 Å². The van der Waals surface area contributed by atoms with E-state index in [1.54, 1.807) is 56.2 Å². The lowest BCUT2D eigenvalue weighted by atomic mass is 10.0. The van der Waals surface area contributed by atoms with Crippen molar-refractivity contribution in [2.75, 3.05) is 73.8 Å². The molecule has 4 aromatic rings. The van der Waals surface area contributed by atoms with Gasteiger partial charge in [0.25, 0.3) is 5.91 Å². The van der Waals surface area contributed by atoms with Crippen LogP contribution in [0, 0.1) is 0 Å². The number of piperidine rings is 2. The first kappa shape index (κ1) is 49.4. The van der Waals surface area contributed by atoms with E-state index in [0.29, 0.717) is 48.1 Å². The van der Waals surface area contributed by atoms with Gasteiger partial charge in [0.15, 0.2) is 15.7 Å². The van der Waals surface area contributed by atoms with Gasteiger partial charge in [-0.25, -0.2) is 13.4 Å². The van der Waals surface area contributed by atoms with Crippen molar-refractivity contribution < 1.29 is 32.3 Å². The van der Waals surface area contributed by atoms with E-state index >= 15 is 0 Å². The number of carbonyl (C=O) groups is 4. The van der Waals surface area contributed by atoms with E-state index < -0.39 is 27.0 Å². The highest BCUT2D eigenvalue weighted by Crippen LogP contribution is 2.36. The molecule has 3 fully saturated rings. The summed E-state index contributed by atoms with van der Waals surface area (Å²) in [6.45, 7) is 9.51. The van der Waals surface area contributed by atoms with E-state index in [9.17, 15) is 27.6 Å². The summed E-state index contributed by atoms with van der Waals surface area (Å²) in [5.74, 6) is 0.522. The molecule has 5 heterocycles. The number of halogens is 1. The third-order valence-electron chi connectivity index (χ3n) is 13.7. The fourth-order valence-electron chi connectivity index (χ4n) is 9.70. The molecule has 1 unspecified atom stereocenters. The van der Waals surface area contributed by atoms with Crippen LogP contribution in [0.4, 0.5) is 34.5 Å². The van der Waals surface area contributed by atoms with Crippen molar-refractivity contribution >= 4 is 79.6 Å². The molecule has 0 spiro atoms. The molecule has 1 aromatic heterocycles. The Morgan fingerprint density at radius 3 is 2.36 bits per heavy atom. The van der Waals surface area contributed by atoms with Crippen molar-refractivity contribution in [1.82, 2.24) is 30.0 Å². The van der Waals surface area contributed by atoms with Crippen LogP contribution >= 0.6 is 11.6 Å². The van der Waals surface area contributed by atoms with Crippen LogP contribution in [0.2, 0.25) is 5.02 Å². The number of amides is 4. The average molecular weight is 984 g/mol. The summed E-state index contributed by atoms with van der Waals surface area (Å²) in [6, 6.07) is 18.1. The van der Waals surface area contributed by atoms with Crippen LogP contribution in [0.1, 0.15) is 94.0 Å². The third-order valence-corrected chi connectivity index (χ3v) is 16.2. The maximum absolute atomic E-state index is 13.2. The maximum atomic E-state index is 13.2. The highest BCUT2D eigenvalue weighted by Gasteiger charge is 2.40. The van der Waals surface area contributed by atoms with Gasteiger partial charge in [0, 0.05) is 99.8 Å². The molecule has 17 nitrogen and oxygen atoms in total. The number of aromatic nitrogens is 2. The topological polar surface area (TPSA) is 199 Å². The summed E-state index contributed by atoms with van der Waals surface area (Å²) in [5, 5.41) is 11.8. The molecule has 368 valence electrons. The Bertz CT molecular complexity index is 2640. The fourth-order valence-corrected chi connectivity index (χ4v) is 11.0. The van der Waals surface area contributed by atoms with Crippen molar-refractivity contribution in [3.8, 4) is 5.75 Å². The SMILES string of the molecule is COc1cc(N2CCC(N3CCN(C(=O)CCCCCCCNc4cccc5c4CN(C4CCC(=O)NC4=O)C5=O)CC3)CC2)ccc1Nc1ncc(Cl)c(Nc2ccccc2S(=O)(=O)C(C)C)n1. The number of methoxy groups -OCH3 is 1. The lowest BCUT2D eigenvalue weighted by molar-refractivity contribution is -0.137. The molecule has 0 bridgehead atoms. The number of rotatable bonds is 19. The first-order valence-corrected chi connectivity index (χ1v) is 26.1. The number of fused-ring (bicyclic) bond motifs is 1. The van der Waals surface area contributed by atoms with Gasteiger partial charge < -0.3 is 35.4 Å². The first-order chi connectivity index (χ1) is 33.3. The summed E-state index contributed by atoms with van der Waals surface area (Å²) in [6.07, 6.45) is 9.62. The van der Waals surface area contributed by atoms with E-state index in [0.717, 1.165) is 108 Å². The molecular formula is C50H63ClN10O7S. The van der Waals surface area contributed by atoms with Crippen molar-refractivity contribution in [2.24, 2.45) is 0 Å². The van der Waals surface area contributed by atoms with Crippen molar-refractivity contribution in [2.45, 2.75) is 107 Å². The van der Waals surface area contributed by atoms with Crippen LogP contribution in [-0.4, -0.2) is 127 Å². The van der Waals surface area contributed by atoms with Crippen LogP contribution in [0.15, 0.2) is 71.8 Å². The maximum Gasteiger partial charge on any atom is 0.255 e. The average Bonchev–Trinajstić information content (AvgIpc) is 3.69. The Hall–Kier alpha value is -5.98. The number of sulfone groups is 1. The zero-order valence-corrected chi connectivity index (χ0v) is 41.2. The summed E-state index contributed by atoms with van der Waals surface area (Å²) in [7, 11) is -1.95. The molecule has 4 aliphatic heterocycles. The highest BCUT2D eigenvalue weighted by atomic mass is 35.5. The van der Waals surface area contributed by atoms with Gasteiger partial charge in [0.1, 0.15) is 16.8 Å². The van der Waals surface area contributed by atoms with Crippen LogP contribution in [-0.2, 0) is 30.8 Å². The number of unbranched alkanes of at least 4 members (excludes halogenated alkanes) is 4. The number of hydrogen-bond acceptors (Lipinski definition) is 14. The zero-order valence-electron chi connectivity index (χ0n) is 39.6. The first-order valence-electron chi connectivity index (χ1n) is 24.2. The van der Waals surface area contributed by atoms with Crippen LogP contribution in [0.3, 0.4) is 0 Å². The van der Waals surface area contributed by atoms with Gasteiger partial charge in [0.2, 0.25) is 23.7 Å². The minimum absolute atomic E-state index is 0.164. The van der Waals surface area contributed by atoms with Gasteiger partial charge in [-0.3, -0.25) is 29.4 Å². The van der Waals surface area contributed by atoms with E-state index in [-0.39, 0.29) is 45.8 Å². The number of piperazine rings is 1. The number of nitrogens with zero attached hydrogens (tertiary/aromatic N) is 6. The van der Waals surface area contributed by atoms with Gasteiger partial charge in [-0.1, -0.05) is 49.1 Å². The Kier molecular flexibility index (Phi) is 15.9. The Balaban J connectivity index is 0.723. The molecule has 1 atom stereocenters. The van der Waals surface area contributed by atoms with E-state index in [2.05, 4.69) is 47.1 Å². The molecule has 19 heteroatoms. The standard InChI is InChI=1S/C50H63ClN10O7S/c1-33(2)69(66,67)44-15-9-8-13-41(44)54-47-38(51)31-53-50(57-47)55-40-18-17-35(30-43(40)68-3)58-24-21-34(22-25-58)59-26-28-60(29-27-59)46(63)16-7-5-4-6-10-23-52-39-14-11-12-36-37(39)32-61(49(36)65)42-19-20-45(62)56-48(42)64/h8-9,11-15,17-18,30-31,33-34,42,52H,4-7,10,16,19-29,32H2,1-3H3,(H,56,62,64)(H2,53,54,55,57). The Morgan fingerprint density at radius 1 is 0.870 bits per heavy atom. The number of nitrogens with one attached hydrogen (secondary N) is 4. The summed E-state index contributed by atoms with van der Waals surface area (Å²) in [4.78, 5) is 68.0. The second-order valence-electron chi connectivity index (χ2n) is 18.4. The molecule has 0 radical (unpaired) electrons. The van der Waals surface area contributed by atoms with Gasteiger partial charge in [-0.15, -0.1) is 0 Å². The quantitative estimate of drug-likeness (QED) is 0.0547. The van der Waals surface area contributed by atoms with Crippen LogP contribution in [0.25, 0.3) is 0 Å². The van der Waals surface area contributed by atoms with Crippen LogP contribution in [0.5, 0.6) is 5.75 Å². The smallest absolute Gasteiger partial charge is 0.255 e. The highest BCUT2D eigenvalue weighted by molar-refractivity contribution is 7.92. The number of anilines is 6. The number of para-hydroxylation sites is 1. The molecule has 0 aliphatic carbocycles. The normalized spacial score (nSPS) is 18.1. The molecule has 8 rings (SSSR count). The number of carbonyl (C=O) groups excluding carboxylic acids is 4. The molecule has 4 amide bonds. The molecule has 4 N–H and O–H groups in total. The number of ether oxygens (including phenoxy) is 1. The number of hydrogen-bond donors (Lipinski definition) is 4. The summed E-state index contributed by atoms with van der Waals surface area (Å²) >= 11 is 6.47. The van der Waals surface area contributed by atoms with Gasteiger partial charge in [0.05, 0.1) is 34.8 Å². The van der Waals surface area contributed by atoms with Crippen molar-refractivity contribution in [1.29, 1.82) is 0 Å². The second-order valence-corrected chi connectivity index (χ2v) is 21.3. The molecule has 3 saturated heterocycles. The van der Waals surface area contributed by atoms with Gasteiger partial charge in [-0.05, 0) is 82.3 Å². The number of imide groups is 1. The zero-order chi connectivity index (χ0) is 48.7. The van der Waals surface area contributed by atoms with Crippen LogP contribution < -0.4 is 30.9 Å². The molecular weight excluding hydrogens is 920 g/mol. The minimum atomic E-state index is -3.57. The summed E-state index contributed by atoms with van der Waals surface area (Å²) in [5.41, 5.74) is 4.51. The lowest BCUT2D eigenvalue weighted by Gasteiger charge is -2.43. The van der Waals surface area contributed by atoms with Gasteiger partial charge >= 0.3 is 0 Å². The lowest BCUT2D eigenvalue weighted by Crippen LogP contribution is -2.54. The second kappa shape index (κ2) is 22.2. The molecule has 3 aromatic carbocycles. The Morgan fingerprint density at radius 2 is 1.61 bits per heavy atom. The van der Waals surface area contributed by atoms with Crippen molar-refractivity contribution in [3.05, 3.63) is 83.0 Å². The van der Waals surface area contributed by atoms with E-state index in [4.69, 9.17) is 16.3 Å². The summed E-state index contributed by atoms with van der Waals surface area (Å²) < 4.78 is 31.9. The van der Waals surface area contributed by atoms with Crippen molar-refractivity contribution in [3.63, 3.8) is 0 Å². The monoisotopic (exact) mass is 982 g/mol. The Labute approximate surface area is 409 Å². The minimum Gasteiger partial charge on any atom is -0.494 e. The molecule has 69 heavy (non-hydrogen) atoms. The predicted molar refractivity (Wildman–Crippen MR) is 267 cm³/mol. The van der Waals surface area contributed by atoms with E-state index in [1.165, 1.54) is 6.20 Å². The fraction of sp³-hybridized carbons (Fsp3) is 0.480. The largest absolute Gasteiger partial charge is 0.494 e. The number of benzene rings is 3. The molecule has 4 aliphatic rings.